The van der Waals surface area contributed by atoms with E-state index < -0.39 is 0 Å². The van der Waals surface area contributed by atoms with Gasteiger partial charge < -0.3 is 18.8 Å². The first-order valence-corrected chi connectivity index (χ1v) is 7.33. The highest BCUT2D eigenvalue weighted by atomic mass is 16.5. The second kappa shape index (κ2) is 6.26. The number of hydrogen-bond acceptors (Lipinski definition) is 5. The zero-order valence-electron chi connectivity index (χ0n) is 12.3. The van der Waals surface area contributed by atoms with Crippen LogP contribution in [0.3, 0.4) is 0 Å². The van der Waals surface area contributed by atoms with Crippen molar-refractivity contribution in [3.63, 3.8) is 0 Å². The van der Waals surface area contributed by atoms with Crippen molar-refractivity contribution in [2.75, 3.05) is 47.0 Å². The first-order valence-electron chi connectivity index (χ1n) is 7.33. The number of ether oxygens (including phenoxy) is 2. The molecule has 0 spiro atoms. The van der Waals surface area contributed by atoms with Gasteiger partial charge >= 0.3 is 0 Å². The van der Waals surface area contributed by atoms with Gasteiger partial charge in [-0.3, -0.25) is 4.90 Å². The molecule has 1 aromatic rings. The molecule has 3 heterocycles. The van der Waals surface area contributed by atoms with Gasteiger partial charge in [-0.15, -0.1) is 0 Å². The average Bonchev–Trinajstić information content (AvgIpc) is 3.10. The summed E-state index contributed by atoms with van der Waals surface area (Å²) in [6.07, 6.45) is 3.86. The van der Waals surface area contributed by atoms with E-state index in [2.05, 4.69) is 23.9 Å². The Hall–Kier alpha value is -0.880. The van der Waals surface area contributed by atoms with E-state index in [1.54, 1.807) is 6.26 Å². The quantitative estimate of drug-likeness (QED) is 0.779. The van der Waals surface area contributed by atoms with Crippen LogP contribution in [0, 0.1) is 5.92 Å². The molecule has 112 valence electrons. The van der Waals surface area contributed by atoms with Gasteiger partial charge in [0.25, 0.3) is 0 Å². The summed E-state index contributed by atoms with van der Waals surface area (Å²) in [6, 6.07) is 2.53. The molecule has 3 rings (SSSR count). The molecule has 0 amide bonds. The van der Waals surface area contributed by atoms with Crippen LogP contribution in [-0.4, -0.2) is 69.0 Å². The van der Waals surface area contributed by atoms with Gasteiger partial charge in [-0.05, 0) is 20.2 Å². The molecule has 0 N–H and O–H groups in total. The van der Waals surface area contributed by atoms with Crippen LogP contribution in [0.4, 0.5) is 0 Å². The van der Waals surface area contributed by atoms with Crippen LogP contribution in [0.15, 0.2) is 23.0 Å². The number of fused-ring (bicyclic) bond motifs is 1. The molecule has 0 unspecified atom stereocenters. The summed E-state index contributed by atoms with van der Waals surface area (Å²) < 4.78 is 16.9. The van der Waals surface area contributed by atoms with Gasteiger partial charge in [0.05, 0.1) is 38.5 Å². The summed E-state index contributed by atoms with van der Waals surface area (Å²) in [6.45, 7) is 5.35. The number of likely N-dealkylation sites (tertiary alicyclic amines) is 1. The van der Waals surface area contributed by atoms with E-state index >= 15 is 0 Å². The average molecular weight is 280 g/mol. The van der Waals surface area contributed by atoms with Crippen molar-refractivity contribution in [3.05, 3.63) is 24.2 Å². The number of rotatable bonds is 6. The number of nitrogens with zero attached hydrogens (tertiary/aromatic N) is 2. The van der Waals surface area contributed by atoms with Gasteiger partial charge in [0.1, 0.15) is 0 Å². The van der Waals surface area contributed by atoms with Crippen LogP contribution in [0.5, 0.6) is 0 Å². The molecule has 5 nitrogen and oxygen atoms in total. The summed E-state index contributed by atoms with van der Waals surface area (Å²) in [5, 5.41) is 0. The van der Waals surface area contributed by atoms with E-state index in [0.29, 0.717) is 18.1 Å². The Morgan fingerprint density at radius 1 is 1.40 bits per heavy atom. The van der Waals surface area contributed by atoms with Gasteiger partial charge in [0.15, 0.2) is 0 Å². The lowest BCUT2D eigenvalue weighted by Gasteiger charge is -2.21. The molecule has 1 aromatic heterocycles. The molecule has 0 aliphatic carbocycles. The van der Waals surface area contributed by atoms with Gasteiger partial charge in [-0.25, -0.2) is 0 Å². The van der Waals surface area contributed by atoms with Crippen LogP contribution in [-0.2, 0) is 16.0 Å². The van der Waals surface area contributed by atoms with Gasteiger partial charge in [0, 0.05) is 37.2 Å². The first-order chi connectivity index (χ1) is 9.74. The van der Waals surface area contributed by atoms with E-state index in [0.717, 1.165) is 39.5 Å². The molecule has 2 saturated heterocycles. The molecular weight excluding hydrogens is 256 g/mol. The minimum atomic E-state index is 0.300. The number of hydrogen-bond donors (Lipinski definition) is 0. The zero-order valence-corrected chi connectivity index (χ0v) is 12.3. The Morgan fingerprint density at radius 3 is 3.05 bits per heavy atom. The van der Waals surface area contributed by atoms with Crippen LogP contribution in [0.25, 0.3) is 0 Å². The molecule has 2 fully saturated rings. The topological polar surface area (TPSA) is 38.1 Å². The standard InChI is InChI=1S/C15H24N2O3/c1-16(2)4-6-20-15-8-17(7-12-3-5-18-9-12)14-11-19-10-13(14)15/h3,5,9,13-15H,4,6-8,10-11H2,1-2H3/t13-,14+,15+/m1/s1. The van der Waals surface area contributed by atoms with Crippen molar-refractivity contribution in [1.29, 1.82) is 0 Å². The van der Waals surface area contributed by atoms with E-state index in [-0.39, 0.29) is 0 Å². The lowest BCUT2D eigenvalue weighted by atomic mass is 10.0. The third-order valence-corrected chi connectivity index (χ3v) is 4.29. The van der Waals surface area contributed by atoms with Crippen molar-refractivity contribution in [2.24, 2.45) is 5.92 Å². The second-order valence-electron chi connectivity index (χ2n) is 6.04. The van der Waals surface area contributed by atoms with Crippen molar-refractivity contribution in [3.8, 4) is 0 Å². The molecule has 0 radical (unpaired) electrons. The van der Waals surface area contributed by atoms with E-state index in [1.807, 2.05) is 12.3 Å². The molecule has 2 aliphatic rings. The highest BCUT2D eigenvalue weighted by Gasteiger charge is 2.45. The predicted octanol–water partition coefficient (Wildman–Crippen LogP) is 1.06. The second-order valence-corrected chi connectivity index (χ2v) is 6.04. The molecule has 20 heavy (non-hydrogen) atoms. The lowest BCUT2D eigenvalue weighted by Crippen LogP contribution is -2.32. The monoisotopic (exact) mass is 280 g/mol. The third kappa shape index (κ3) is 3.06. The molecule has 2 aliphatic heterocycles. The van der Waals surface area contributed by atoms with Gasteiger partial charge in [0.2, 0.25) is 0 Å². The van der Waals surface area contributed by atoms with E-state index in [9.17, 15) is 0 Å². The van der Waals surface area contributed by atoms with Crippen LogP contribution < -0.4 is 0 Å². The Bertz CT molecular complexity index is 407. The fraction of sp³-hybridized carbons (Fsp3) is 0.733. The van der Waals surface area contributed by atoms with Gasteiger partial charge in [-0.1, -0.05) is 0 Å². The molecule has 0 aromatic carbocycles. The zero-order chi connectivity index (χ0) is 13.9. The van der Waals surface area contributed by atoms with Gasteiger partial charge in [-0.2, -0.15) is 0 Å². The Labute approximate surface area is 120 Å². The maximum atomic E-state index is 6.09. The van der Waals surface area contributed by atoms with Crippen LogP contribution in [0.2, 0.25) is 0 Å². The van der Waals surface area contributed by atoms with Crippen molar-refractivity contribution in [2.45, 2.75) is 18.7 Å². The lowest BCUT2D eigenvalue weighted by molar-refractivity contribution is 0.0132. The molecular formula is C15H24N2O3. The molecule has 3 atom stereocenters. The maximum Gasteiger partial charge on any atom is 0.0947 e. The summed E-state index contributed by atoms with van der Waals surface area (Å²) >= 11 is 0. The van der Waals surface area contributed by atoms with E-state index in [1.165, 1.54) is 5.56 Å². The summed E-state index contributed by atoms with van der Waals surface area (Å²) in [5.41, 5.74) is 1.23. The minimum Gasteiger partial charge on any atom is -0.472 e. The van der Waals surface area contributed by atoms with Crippen LogP contribution in [0.1, 0.15) is 5.56 Å². The summed E-state index contributed by atoms with van der Waals surface area (Å²) in [4.78, 5) is 4.63. The molecule has 5 heteroatoms. The predicted molar refractivity (Wildman–Crippen MR) is 75.5 cm³/mol. The fourth-order valence-corrected chi connectivity index (χ4v) is 3.15. The Kier molecular flexibility index (Phi) is 4.41. The first kappa shape index (κ1) is 14.1. The maximum absolute atomic E-state index is 6.09. The number of furan rings is 1. The van der Waals surface area contributed by atoms with Crippen molar-refractivity contribution < 1.29 is 13.9 Å². The molecule has 0 bridgehead atoms. The minimum absolute atomic E-state index is 0.300. The van der Waals surface area contributed by atoms with Crippen LogP contribution >= 0.6 is 0 Å². The smallest absolute Gasteiger partial charge is 0.0947 e. The SMILES string of the molecule is CN(C)CCO[C@H]1CN(Cc2ccoc2)[C@H]2COC[C@@H]12. The molecule has 0 saturated carbocycles. The van der Waals surface area contributed by atoms with Crippen molar-refractivity contribution >= 4 is 0 Å². The van der Waals surface area contributed by atoms with Crippen molar-refractivity contribution in [1.82, 2.24) is 9.80 Å². The Balaban J connectivity index is 1.57. The highest BCUT2D eigenvalue weighted by molar-refractivity contribution is 5.08. The normalized spacial score (nSPS) is 30.2. The fourth-order valence-electron chi connectivity index (χ4n) is 3.15. The summed E-state index contributed by atoms with van der Waals surface area (Å²) in [5.74, 6) is 0.518. The number of likely N-dealkylation sites (N-methyl/N-ethyl adjacent to an activating group) is 1. The Morgan fingerprint density at radius 2 is 2.30 bits per heavy atom. The largest absolute Gasteiger partial charge is 0.472 e. The third-order valence-electron chi connectivity index (χ3n) is 4.29. The highest BCUT2D eigenvalue weighted by Crippen LogP contribution is 2.33. The van der Waals surface area contributed by atoms with E-state index in [4.69, 9.17) is 13.9 Å². The summed E-state index contributed by atoms with van der Waals surface area (Å²) in [7, 11) is 4.15.